The second-order valence-electron chi connectivity index (χ2n) is 10.4. The summed E-state index contributed by atoms with van der Waals surface area (Å²) in [4.78, 5) is 33.9. The molecule has 0 radical (unpaired) electrons. The number of hydrogen-bond acceptors (Lipinski definition) is 4. The molecule has 0 spiro atoms. The molecule has 1 saturated carbocycles. The first kappa shape index (κ1) is 24.2. The number of carboxylic acid groups (broad SMARTS) is 1. The van der Waals surface area contributed by atoms with Crippen LogP contribution in [-0.4, -0.2) is 44.9 Å². The van der Waals surface area contributed by atoms with Crippen LogP contribution in [0.2, 0.25) is 0 Å². The quantitative estimate of drug-likeness (QED) is 0.474. The number of amides is 1. The van der Waals surface area contributed by atoms with E-state index < -0.39 is 11.9 Å². The van der Waals surface area contributed by atoms with Crippen LogP contribution in [0.15, 0.2) is 60.9 Å². The average Bonchev–Trinajstić information content (AvgIpc) is 2.87. The predicted octanol–water partition coefficient (Wildman–Crippen LogP) is 5.58. The smallest absolute Gasteiger partial charge is 0.310 e. The van der Waals surface area contributed by atoms with Gasteiger partial charge < -0.3 is 10.0 Å². The summed E-state index contributed by atoms with van der Waals surface area (Å²) in [6.45, 7) is 3.00. The minimum Gasteiger partial charge on any atom is -0.481 e. The van der Waals surface area contributed by atoms with Crippen LogP contribution in [0.3, 0.4) is 0 Å². The Balaban J connectivity index is 1.15. The van der Waals surface area contributed by atoms with Gasteiger partial charge in [-0.05, 0) is 47.8 Å². The highest BCUT2D eigenvalue weighted by molar-refractivity contribution is 5.81. The number of carbonyl (C=O) groups excluding carboxylic acids is 1. The summed E-state index contributed by atoms with van der Waals surface area (Å²) >= 11 is 0. The van der Waals surface area contributed by atoms with Crippen LogP contribution in [-0.2, 0) is 16.0 Å². The standard InChI is InChI=1S/C30H33N3O3/c1-20-2-7-22(8-3-20)23-11-13-24(14-12-23)26-16-31-29(32-17-26)25-9-4-21(5-10-25)6-15-28(34)33-18-27(19-33)30(35)36/h4-5,9-14,16-17,20,22,27H,2-3,6-8,15,18-19H2,1H3,(H,35,36). The Labute approximate surface area is 212 Å². The second kappa shape index (κ2) is 10.6. The van der Waals surface area contributed by atoms with Crippen molar-refractivity contribution in [2.45, 2.75) is 51.4 Å². The summed E-state index contributed by atoms with van der Waals surface area (Å²) in [5.74, 6) is 1.00. The third-order valence-corrected chi connectivity index (χ3v) is 7.81. The number of carboxylic acids is 1. The molecule has 0 unspecified atom stereocenters. The van der Waals surface area contributed by atoms with Crippen molar-refractivity contribution in [3.05, 3.63) is 72.1 Å². The van der Waals surface area contributed by atoms with E-state index in [1.54, 1.807) is 4.90 Å². The normalized spacial score (nSPS) is 20.1. The van der Waals surface area contributed by atoms with Crippen molar-refractivity contribution in [2.24, 2.45) is 11.8 Å². The number of aliphatic carboxylic acids is 1. The number of aromatic nitrogens is 2. The molecule has 1 aliphatic carbocycles. The molecule has 1 N–H and O–H groups in total. The first-order chi connectivity index (χ1) is 17.5. The monoisotopic (exact) mass is 483 g/mol. The maximum Gasteiger partial charge on any atom is 0.310 e. The van der Waals surface area contributed by atoms with E-state index in [1.807, 2.05) is 36.7 Å². The van der Waals surface area contributed by atoms with E-state index in [0.29, 0.717) is 37.7 Å². The predicted molar refractivity (Wildman–Crippen MR) is 139 cm³/mol. The first-order valence-corrected chi connectivity index (χ1v) is 13.0. The molecule has 186 valence electrons. The lowest BCUT2D eigenvalue weighted by Crippen LogP contribution is -2.53. The Morgan fingerprint density at radius 3 is 2.08 bits per heavy atom. The Kier molecular flexibility index (Phi) is 7.12. The molecule has 6 heteroatoms. The summed E-state index contributed by atoms with van der Waals surface area (Å²) in [6, 6.07) is 16.9. The highest BCUT2D eigenvalue weighted by Gasteiger charge is 2.35. The van der Waals surface area contributed by atoms with Gasteiger partial charge in [-0.2, -0.15) is 0 Å². The van der Waals surface area contributed by atoms with Crippen molar-refractivity contribution in [2.75, 3.05) is 13.1 Å². The van der Waals surface area contributed by atoms with Crippen LogP contribution in [0, 0.1) is 11.8 Å². The lowest BCUT2D eigenvalue weighted by atomic mass is 9.79. The van der Waals surface area contributed by atoms with Gasteiger partial charge in [-0.3, -0.25) is 9.59 Å². The van der Waals surface area contributed by atoms with Crippen LogP contribution in [0.1, 0.15) is 56.1 Å². The van der Waals surface area contributed by atoms with E-state index in [4.69, 9.17) is 5.11 Å². The molecule has 2 fully saturated rings. The molecular formula is C30H33N3O3. The summed E-state index contributed by atoms with van der Waals surface area (Å²) in [5.41, 5.74) is 5.58. The largest absolute Gasteiger partial charge is 0.481 e. The van der Waals surface area contributed by atoms with Crippen LogP contribution in [0.25, 0.3) is 22.5 Å². The van der Waals surface area contributed by atoms with Gasteiger partial charge in [0, 0.05) is 43.0 Å². The molecule has 1 aliphatic heterocycles. The van der Waals surface area contributed by atoms with E-state index in [0.717, 1.165) is 28.2 Å². The van der Waals surface area contributed by atoms with Gasteiger partial charge in [-0.15, -0.1) is 0 Å². The summed E-state index contributed by atoms with van der Waals surface area (Å²) < 4.78 is 0. The molecule has 5 rings (SSSR count). The fourth-order valence-corrected chi connectivity index (χ4v) is 5.24. The van der Waals surface area contributed by atoms with Gasteiger partial charge in [0.1, 0.15) is 0 Å². The zero-order valence-corrected chi connectivity index (χ0v) is 20.8. The number of aryl methyl sites for hydroxylation is 1. The minimum absolute atomic E-state index is 0.0110. The number of benzene rings is 2. The van der Waals surface area contributed by atoms with Crippen molar-refractivity contribution >= 4 is 11.9 Å². The Bertz CT molecular complexity index is 1190. The molecule has 0 atom stereocenters. The van der Waals surface area contributed by atoms with Crippen LogP contribution >= 0.6 is 0 Å². The molecule has 6 nitrogen and oxygen atoms in total. The highest BCUT2D eigenvalue weighted by atomic mass is 16.4. The summed E-state index contributed by atoms with van der Waals surface area (Å²) in [6.07, 6.45) is 10.0. The van der Waals surface area contributed by atoms with Crippen LogP contribution in [0.5, 0.6) is 0 Å². The van der Waals surface area contributed by atoms with Crippen LogP contribution in [0.4, 0.5) is 0 Å². The highest BCUT2D eigenvalue weighted by Crippen LogP contribution is 2.36. The molecule has 36 heavy (non-hydrogen) atoms. The van der Waals surface area contributed by atoms with Crippen molar-refractivity contribution in [1.29, 1.82) is 0 Å². The average molecular weight is 484 g/mol. The number of rotatable bonds is 7. The summed E-state index contributed by atoms with van der Waals surface area (Å²) in [5, 5.41) is 8.95. The molecule has 1 amide bonds. The van der Waals surface area contributed by atoms with Crippen molar-refractivity contribution in [3.63, 3.8) is 0 Å². The topological polar surface area (TPSA) is 83.4 Å². The van der Waals surface area contributed by atoms with E-state index in [9.17, 15) is 9.59 Å². The Hall–Kier alpha value is -3.54. The third-order valence-electron chi connectivity index (χ3n) is 7.81. The Morgan fingerprint density at radius 2 is 1.47 bits per heavy atom. The first-order valence-electron chi connectivity index (χ1n) is 13.0. The van der Waals surface area contributed by atoms with E-state index >= 15 is 0 Å². The SMILES string of the molecule is CC1CCC(c2ccc(-c3cnc(-c4ccc(CCC(=O)N5CC(C(=O)O)C5)cc4)nc3)cc2)CC1. The molecule has 2 aliphatic rings. The molecule has 3 aromatic rings. The zero-order chi connectivity index (χ0) is 25.1. The third kappa shape index (κ3) is 5.48. The lowest BCUT2D eigenvalue weighted by Gasteiger charge is -2.36. The van der Waals surface area contributed by atoms with Crippen molar-refractivity contribution in [1.82, 2.24) is 14.9 Å². The van der Waals surface area contributed by atoms with Crippen LogP contribution < -0.4 is 0 Å². The maximum absolute atomic E-state index is 12.2. The van der Waals surface area contributed by atoms with Gasteiger partial charge in [-0.1, -0.05) is 68.3 Å². The fourth-order valence-electron chi connectivity index (χ4n) is 5.24. The van der Waals surface area contributed by atoms with E-state index in [1.165, 1.54) is 31.2 Å². The molecule has 1 saturated heterocycles. The molecule has 0 bridgehead atoms. The Morgan fingerprint density at radius 1 is 0.861 bits per heavy atom. The molecule has 2 heterocycles. The number of carbonyl (C=O) groups is 2. The van der Waals surface area contributed by atoms with Gasteiger partial charge in [0.15, 0.2) is 5.82 Å². The van der Waals surface area contributed by atoms with E-state index in [-0.39, 0.29) is 5.91 Å². The molecular weight excluding hydrogens is 450 g/mol. The van der Waals surface area contributed by atoms with E-state index in [2.05, 4.69) is 41.2 Å². The zero-order valence-electron chi connectivity index (χ0n) is 20.8. The fraction of sp³-hybridized carbons (Fsp3) is 0.400. The van der Waals surface area contributed by atoms with Gasteiger partial charge in [0.05, 0.1) is 5.92 Å². The molecule has 2 aromatic carbocycles. The number of hydrogen-bond donors (Lipinski definition) is 1. The number of likely N-dealkylation sites (tertiary alicyclic amines) is 1. The van der Waals surface area contributed by atoms with Gasteiger partial charge in [0.25, 0.3) is 0 Å². The van der Waals surface area contributed by atoms with Gasteiger partial charge in [0.2, 0.25) is 5.91 Å². The number of nitrogens with zero attached hydrogens (tertiary/aromatic N) is 3. The minimum atomic E-state index is -0.827. The van der Waals surface area contributed by atoms with Gasteiger partial charge in [-0.25, -0.2) is 9.97 Å². The lowest BCUT2D eigenvalue weighted by molar-refractivity contribution is -0.152. The van der Waals surface area contributed by atoms with Crippen molar-refractivity contribution < 1.29 is 14.7 Å². The maximum atomic E-state index is 12.2. The summed E-state index contributed by atoms with van der Waals surface area (Å²) in [7, 11) is 0. The van der Waals surface area contributed by atoms with Crippen molar-refractivity contribution in [3.8, 4) is 22.5 Å². The second-order valence-corrected chi connectivity index (χ2v) is 10.4. The van der Waals surface area contributed by atoms with Gasteiger partial charge >= 0.3 is 5.97 Å². The molecule has 1 aromatic heterocycles.